The van der Waals surface area contributed by atoms with Crippen LogP contribution in [0.1, 0.15) is 22.6 Å². The number of fused-ring (bicyclic) bond motifs is 1. The summed E-state index contributed by atoms with van der Waals surface area (Å²) in [4.78, 5) is 10.7. The quantitative estimate of drug-likeness (QED) is 0.722. The first kappa shape index (κ1) is 14.1. The second-order valence-electron chi connectivity index (χ2n) is 6.20. The number of likely N-dealkylation sites (N-methyl/N-ethyl adjacent to an activating group) is 1. The van der Waals surface area contributed by atoms with Crippen LogP contribution in [0.15, 0.2) is 67.3 Å². The predicted molar refractivity (Wildman–Crippen MR) is 92.1 cm³/mol. The molecule has 2 heterocycles. The lowest BCUT2D eigenvalue weighted by Crippen LogP contribution is -2.30. The van der Waals surface area contributed by atoms with Crippen molar-refractivity contribution in [2.24, 2.45) is 0 Å². The third kappa shape index (κ3) is 2.76. The Morgan fingerprint density at radius 1 is 0.957 bits per heavy atom. The molecule has 0 fully saturated rings. The highest BCUT2D eigenvalue weighted by atomic mass is 15.1. The molecule has 3 aromatic rings. The van der Waals surface area contributed by atoms with Crippen LogP contribution in [0.5, 0.6) is 0 Å². The van der Waals surface area contributed by atoms with Crippen molar-refractivity contribution < 1.29 is 0 Å². The average molecular weight is 301 g/mol. The van der Waals surface area contributed by atoms with Crippen LogP contribution in [0.3, 0.4) is 0 Å². The van der Waals surface area contributed by atoms with Gasteiger partial charge in [0.15, 0.2) is 0 Å². The Morgan fingerprint density at radius 2 is 1.74 bits per heavy atom. The Labute approximate surface area is 136 Å². The van der Waals surface area contributed by atoms with Crippen molar-refractivity contribution in [2.45, 2.75) is 12.5 Å². The van der Waals surface area contributed by atoms with Gasteiger partial charge in [-0.1, -0.05) is 42.5 Å². The molecule has 1 aliphatic heterocycles. The van der Waals surface area contributed by atoms with E-state index >= 15 is 0 Å². The van der Waals surface area contributed by atoms with Crippen molar-refractivity contribution in [3.8, 4) is 11.1 Å². The molecular formula is C20H19N3. The van der Waals surface area contributed by atoms with Gasteiger partial charge in [0.2, 0.25) is 0 Å². The normalized spacial score (nSPS) is 17.7. The average Bonchev–Trinajstić information content (AvgIpc) is 2.62. The molecule has 3 heteroatoms. The van der Waals surface area contributed by atoms with Gasteiger partial charge < -0.3 is 4.90 Å². The summed E-state index contributed by atoms with van der Waals surface area (Å²) in [5, 5.41) is 0. The maximum Gasteiger partial charge on any atom is 0.115 e. The molecule has 0 aliphatic carbocycles. The SMILES string of the molecule is CN1Cc2cc(-c3cncnc3)ccc2[C@H](c2ccccc2)C1. The summed E-state index contributed by atoms with van der Waals surface area (Å²) in [6, 6.07) is 17.5. The number of nitrogens with zero attached hydrogens (tertiary/aromatic N) is 3. The Bertz CT molecular complexity index is 800. The Balaban J connectivity index is 1.77. The monoisotopic (exact) mass is 301 g/mol. The number of hydrogen-bond donors (Lipinski definition) is 0. The minimum Gasteiger partial charge on any atom is -0.301 e. The molecule has 0 amide bonds. The molecule has 1 aromatic heterocycles. The van der Waals surface area contributed by atoms with E-state index in [1.165, 1.54) is 22.3 Å². The topological polar surface area (TPSA) is 29.0 Å². The van der Waals surface area contributed by atoms with Gasteiger partial charge in [0.1, 0.15) is 6.33 Å². The summed E-state index contributed by atoms with van der Waals surface area (Å²) >= 11 is 0. The second kappa shape index (κ2) is 5.94. The molecule has 0 unspecified atom stereocenters. The maximum absolute atomic E-state index is 4.13. The molecule has 1 atom stereocenters. The molecule has 0 bridgehead atoms. The highest BCUT2D eigenvalue weighted by Gasteiger charge is 2.24. The zero-order chi connectivity index (χ0) is 15.6. The molecule has 3 nitrogen and oxygen atoms in total. The number of benzene rings is 2. The summed E-state index contributed by atoms with van der Waals surface area (Å²) in [5.41, 5.74) is 6.48. The van der Waals surface area contributed by atoms with Gasteiger partial charge in [-0.05, 0) is 35.4 Å². The summed E-state index contributed by atoms with van der Waals surface area (Å²) < 4.78 is 0. The van der Waals surface area contributed by atoms with E-state index in [9.17, 15) is 0 Å². The lowest BCUT2D eigenvalue weighted by Gasteiger charge is -2.33. The van der Waals surface area contributed by atoms with E-state index < -0.39 is 0 Å². The van der Waals surface area contributed by atoms with Crippen LogP contribution in [0, 0.1) is 0 Å². The van der Waals surface area contributed by atoms with Gasteiger partial charge in [-0.2, -0.15) is 0 Å². The van der Waals surface area contributed by atoms with E-state index in [0.29, 0.717) is 5.92 Å². The third-order valence-corrected chi connectivity index (χ3v) is 4.55. The predicted octanol–water partition coefficient (Wildman–Crippen LogP) is 3.72. The Morgan fingerprint density at radius 3 is 2.52 bits per heavy atom. The molecule has 0 saturated carbocycles. The molecular weight excluding hydrogens is 282 g/mol. The molecule has 23 heavy (non-hydrogen) atoms. The van der Waals surface area contributed by atoms with E-state index in [2.05, 4.69) is 70.4 Å². The van der Waals surface area contributed by atoms with Crippen molar-refractivity contribution >= 4 is 0 Å². The maximum atomic E-state index is 4.13. The van der Waals surface area contributed by atoms with Crippen LogP contribution in [0.4, 0.5) is 0 Å². The van der Waals surface area contributed by atoms with Gasteiger partial charge in [0.05, 0.1) is 0 Å². The fourth-order valence-electron chi connectivity index (χ4n) is 3.45. The van der Waals surface area contributed by atoms with Gasteiger partial charge in [0.25, 0.3) is 0 Å². The van der Waals surface area contributed by atoms with Crippen LogP contribution in [0.2, 0.25) is 0 Å². The van der Waals surface area contributed by atoms with Crippen LogP contribution in [0.25, 0.3) is 11.1 Å². The number of rotatable bonds is 2. The van der Waals surface area contributed by atoms with Gasteiger partial charge in [-0.3, -0.25) is 0 Å². The number of hydrogen-bond acceptors (Lipinski definition) is 3. The van der Waals surface area contributed by atoms with Crippen LogP contribution in [-0.2, 0) is 6.54 Å². The molecule has 0 saturated heterocycles. The fourth-order valence-corrected chi connectivity index (χ4v) is 3.45. The minimum absolute atomic E-state index is 0.436. The van der Waals surface area contributed by atoms with Crippen molar-refractivity contribution in [2.75, 3.05) is 13.6 Å². The third-order valence-electron chi connectivity index (χ3n) is 4.55. The van der Waals surface area contributed by atoms with Crippen molar-refractivity contribution in [1.29, 1.82) is 0 Å². The second-order valence-corrected chi connectivity index (χ2v) is 6.20. The van der Waals surface area contributed by atoms with E-state index in [0.717, 1.165) is 18.7 Å². The van der Waals surface area contributed by atoms with Gasteiger partial charge >= 0.3 is 0 Å². The van der Waals surface area contributed by atoms with Crippen LogP contribution in [-0.4, -0.2) is 28.5 Å². The molecule has 0 spiro atoms. The van der Waals surface area contributed by atoms with E-state index in [1.807, 2.05) is 12.4 Å². The zero-order valence-corrected chi connectivity index (χ0v) is 13.2. The smallest absolute Gasteiger partial charge is 0.115 e. The van der Waals surface area contributed by atoms with Gasteiger partial charge in [0, 0.05) is 37.0 Å². The van der Waals surface area contributed by atoms with E-state index in [4.69, 9.17) is 0 Å². The first-order valence-corrected chi connectivity index (χ1v) is 7.93. The molecule has 0 radical (unpaired) electrons. The van der Waals surface area contributed by atoms with Crippen LogP contribution < -0.4 is 0 Å². The zero-order valence-electron chi connectivity index (χ0n) is 13.2. The van der Waals surface area contributed by atoms with Crippen molar-refractivity contribution in [3.63, 3.8) is 0 Å². The Kier molecular flexibility index (Phi) is 3.64. The van der Waals surface area contributed by atoms with Gasteiger partial charge in [-0.25, -0.2) is 9.97 Å². The standard InChI is InChI=1S/C20H19N3/c1-23-12-17-9-16(18-10-21-14-22-11-18)7-8-19(17)20(13-23)15-5-3-2-4-6-15/h2-11,14,20H,12-13H2,1H3/t20-/m0/s1. The largest absolute Gasteiger partial charge is 0.301 e. The first-order valence-electron chi connectivity index (χ1n) is 7.93. The van der Waals surface area contributed by atoms with E-state index in [1.54, 1.807) is 6.33 Å². The summed E-state index contributed by atoms with van der Waals surface area (Å²) in [5.74, 6) is 0.436. The molecule has 0 N–H and O–H groups in total. The number of aromatic nitrogens is 2. The van der Waals surface area contributed by atoms with E-state index in [-0.39, 0.29) is 0 Å². The molecule has 4 rings (SSSR count). The minimum atomic E-state index is 0.436. The molecule has 2 aromatic carbocycles. The lowest BCUT2D eigenvalue weighted by atomic mass is 9.84. The summed E-state index contributed by atoms with van der Waals surface area (Å²) in [6.45, 7) is 2.05. The van der Waals surface area contributed by atoms with Gasteiger partial charge in [-0.15, -0.1) is 0 Å². The summed E-state index contributed by atoms with van der Waals surface area (Å²) in [6.07, 6.45) is 5.31. The lowest BCUT2D eigenvalue weighted by molar-refractivity contribution is 0.295. The fraction of sp³-hybridized carbons (Fsp3) is 0.200. The highest BCUT2D eigenvalue weighted by Crippen LogP contribution is 2.35. The van der Waals surface area contributed by atoms with Crippen molar-refractivity contribution in [3.05, 3.63) is 83.9 Å². The highest BCUT2D eigenvalue weighted by molar-refractivity contribution is 5.64. The van der Waals surface area contributed by atoms with Crippen molar-refractivity contribution in [1.82, 2.24) is 14.9 Å². The summed E-state index contributed by atoms with van der Waals surface area (Å²) in [7, 11) is 2.19. The molecule has 1 aliphatic rings. The first-order chi connectivity index (χ1) is 11.3. The Hall–Kier alpha value is -2.52. The van der Waals surface area contributed by atoms with Crippen LogP contribution >= 0.6 is 0 Å². The molecule has 114 valence electrons.